The molecule has 0 spiro atoms. The van der Waals surface area contributed by atoms with E-state index in [0.29, 0.717) is 32.7 Å². The highest BCUT2D eigenvalue weighted by Crippen LogP contribution is 2.44. The van der Waals surface area contributed by atoms with Crippen molar-refractivity contribution in [3.63, 3.8) is 0 Å². The van der Waals surface area contributed by atoms with E-state index in [9.17, 15) is 14.4 Å². The second-order valence-corrected chi connectivity index (χ2v) is 10.1. The molecule has 0 atom stereocenters. The van der Waals surface area contributed by atoms with E-state index in [1.165, 1.54) is 11.1 Å². The Labute approximate surface area is 205 Å². The Morgan fingerprint density at radius 3 is 2.11 bits per heavy atom. The van der Waals surface area contributed by atoms with Crippen LogP contribution in [0.5, 0.6) is 0 Å². The molecular formula is C27H33N3O5. The third-order valence-corrected chi connectivity index (χ3v) is 6.77. The number of nitrogens with zero attached hydrogens (tertiary/aromatic N) is 2. The van der Waals surface area contributed by atoms with Crippen molar-refractivity contribution >= 4 is 18.0 Å². The summed E-state index contributed by atoms with van der Waals surface area (Å²) in [4.78, 5) is 39.7. The summed E-state index contributed by atoms with van der Waals surface area (Å²) >= 11 is 0. The van der Waals surface area contributed by atoms with Crippen LogP contribution in [0.25, 0.3) is 11.1 Å². The smallest absolute Gasteiger partial charge is 0.407 e. The Balaban J connectivity index is 1.24. The third-order valence-electron chi connectivity index (χ3n) is 6.77. The van der Waals surface area contributed by atoms with Crippen molar-refractivity contribution in [3.05, 3.63) is 59.7 Å². The first-order valence-corrected chi connectivity index (χ1v) is 12.0. The minimum absolute atomic E-state index is 0.00234. The van der Waals surface area contributed by atoms with Gasteiger partial charge in [-0.05, 0) is 27.7 Å². The topological polar surface area (TPSA) is 99.2 Å². The molecule has 186 valence electrons. The number of ether oxygens (including phenoxy) is 1. The van der Waals surface area contributed by atoms with Crippen LogP contribution in [0.15, 0.2) is 48.5 Å². The molecule has 2 amide bonds. The summed E-state index contributed by atoms with van der Waals surface area (Å²) in [5.74, 6) is -0.841. The summed E-state index contributed by atoms with van der Waals surface area (Å²) in [6.45, 7) is 6.58. The number of alkyl carbamates (subject to hydrolysis) is 1. The van der Waals surface area contributed by atoms with Gasteiger partial charge in [0.25, 0.3) is 0 Å². The van der Waals surface area contributed by atoms with Crippen LogP contribution in [-0.4, -0.2) is 78.8 Å². The normalized spacial score (nSPS) is 15.9. The van der Waals surface area contributed by atoms with E-state index < -0.39 is 17.5 Å². The number of fused-ring (bicyclic) bond motifs is 3. The second kappa shape index (κ2) is 10.5. The lowest BCUT2D eigenvalue weighted by Crippen LogP contribution is -2.51. The molecule has 4 rings (SSSR count). The number of carbonyl (C=O) groups excluding carboxylic acids is 2. The van der Waals surface area contributed by atoms with Gasteiger partial charge in [-0.15, -0.1) is 0 Å². The Kier molecular flexibility index (Phi) is 7.40. The maximum Gasteiger partial charge on any atom is 0.407 e. The summed E-state index contributed by atoms with van der Waals surface area (Å²) < 4.78 is 5.60. The zero-order chi connectivity index (χ0) is 25.0. The van der Waals surface area contributed by atoms with Crippen LogP contribution in [0, 0.1) is 5.41 Å². The standard InChI is InChI=1S/C27H33N3O5/c1-27(2,15-24(31)30-13-11-29(12-14-30)16-25(32)33)18-28-26(34)35-17-23-21-9-5-3-7-19(21)20-8-4-6-10-22(20)23/h3-10,23H,11-18H2,1-2H3,(H,28,34)(H,32,33). The molecule has 2 aromatic rings. The number of hydrogen-bond acceptors (Lipinski definition) is 5. The Morgan fingerprint density at radius 2 is 1.54 bits per heavy atom. The zero-order valence-corrected chi connectivity index (χ0v) is 20.3. The summed E-state index contributed by atoms with van der Waals surface area (Å²) in [5, 5.41) is 11.7. The lowest BCUT2D eigenvalue weighted by atomic mass is 9.88. The van der Waals surface area contributed by atoms with Gasteiger partial charge < -0.3 is 20.1 Å². The third kappa shape index (κ3) is 6.00. The monoisotopic (exact) mass is 479 g/mol. The van der Waals surface area contributed by atoms with E-state index in [4.69, 9.17) is 9.84 Å². The quantitative estimate of drug-likeness (QED) is 0.604. The summed E-state index contributed by atoms with van der Waals surface area (Å²) in [6, 6.07) is 16.4. The molecule has 8 heteroatoms. The van der Waals surface area contributed by atoms with E-state index in [0.717, 1.165) is 11.1 Å². The van der Waals surface area contributed by atoms with Crippen molar-refractivity contribution in [3.8, 4) is 11.1 Å². The zero-order valence-electron chi connectivity index (χ0n) is 20.3. The number of carboxylic acid groups (broad SMARTS) is 1. The average Bonchev–Trinajstić information content (AvgIpc) is 3.15. The summed E-state index contributed by atoms with van der Waals surface area (Å²) in [5.41, 5.74) is 4.24. The maximum absolute atomic E-state index is 12.8. The van der Waals surface area contributed by atoms with Crippen molar-refractivity contribution in [2.24, 2.45) is 5.41 Å². The average molecular weight is 480 g/mol. The predicted octanol–water partition coefficient (Wildman–Crippen LogP) is 3.17. The van der Waals surface area contributed by atoms with Crippen LogP contribution in [0.4, 0.5) is 4.79 Å². The fraction of sp³-hybridized carbons (Fsp3) is 0.444. The van der Waals surface area contributed by atoms with Crippen LogP contribution < -0.4 is 5.32 Å². The van der Waals surface area contributed by atoms with E-state index in [1.807, 2.05) is 43.0 Å². The molecule has 2 aliphatic rings. The van der Waals surface area contributed by atoms with E-state index in [-0.39, 0.29) is 31.4 Å². The van der Waals surface area contributed by atoms with E-state index in [1.54, 1.807) is 4.90 Å². The maximum atomic E-state index is 12.8. The molecule has 1 saturated heterocycles. The number of aliphatic carboxylic acids is 1. The van der Waals surface area contributed by atoms with Gasteiger partial charge in [0.05, 0.1) is 6.54 Å². The molecule has 1 fully saturated rings. The molecule has 8 nitrogen and oxygen atoms in total. The molecule has 1 aliphatic carbocycles. The highest BCUT2D eigenvalue weighted by atomic mass is 16.5. The Morgan fingerprint density at radius 1 is 0.971 bits per heavy atom. The van der Waals surface area contributed by atoms with Gasteiger partial charge in [0.2, 0.25) is 5.91 Å². The fourth-order valence-corrected chi connectivity index (χ4v) is 4.89. The molecule has 35 heavy (non-hydrogen) atoms. The molecule has 0 unspecified atom stereocenters. The van der Waals surface area contributed by atoms with Crippen molar-refractivity contribution in [2.45, 2.75) is 26.2 Å². The summed E-state index contributed by atoms with van der Waals surface area (Å²) in [7, 11) is 0. The van der Waals surface area contributed by atoms with Gasteiger partial charge in [-0.1, -0.05) is 62.4 Å². The van der Waals surface area contributed by atoms with Gasteiger partial charge >= 0.3 is 12.1 Å². The predicted molar refractivity (Wildman–Crippen MR) is 132 cm³/mol. The number of amides is 2. The minimum atomic E-state index is -0.856. The van der Waals surface area contributed by atoms with Gasteiger partial charge in [0.1, 0.15) is 6.61 Å². The molecule has 0 aromatic heterocycles. The van der Waals surface area contributed by atoms with Gasteiger partial charge in [-0.25, -0.2) is 4.79 Å². The fourth-order valence-electron chi connectivity index (χ4n) is 4.89. The lowest BCUT2D eigenvalue weighted by molar-refractivity contribution is -0.139. The van der Waals surface area contributed by atoms with Crippen molar-refractivity contribution in [1.82, 2.24) is 15.1 Å². The van der Waals surface area contributed by atoms with Gasteiger partial charge in [-0.2, -0.15) is 0 Å². The Bertz CT molecular complexity index is 1050. The number of carboxylic acids is 1. The van der Waals surface area contributed by atoms with Crippen LogP contribution in [0.1, 0.15) is 37.3 Å². The highest BCUT2D eigenvalue weighted by Gasteiger charge is 2.31. The molecule has 0 saturated carbocycles. The van der Waals surface area contributed by atoms with Crippen molar-refractivity contribution in [2.75, 3.05) is 45.9 Å². The molecule has 1 heterocycles. The van der Waals surface area contributed by atoms with E-state index in [2.05, 4.69) is 29.6 Å². The first-order valence-electron chi connectivity index (χ1n) is 12.0. The number of piperazine rings is 1. The van der Waals surface area contributed by atoms with Gasteiger partial charge in [0, 0.05) is 45.1 Å². The van der Waals surface area contributed by atoms with Crippen molar-refractivity contribution < 1.29 is 24.2 Å². The lowest BCUT2D eigenvalue weighted by Gasteiger charge is -2.35. The molecule has 2 N–H and O–H groups in total. The Hall–Kier alpha value is -3.39. The summed E-state index contributed by atoms with van der Waals surface area (Å²) in [6.07, 6.45) is -0.204. The number of benzene rings is 2. The molecule has 0 radical (unpaired) electrons. The molecular weight excluding hydrogens is 446 g/mol. The van der Waals surface area contributed by atoms with Gasteiger partial charge in [0.15, 0.2) is 0 Å². The molecule has 0 bridgehead atoms. The number of nitrogens with one attached hydrogen (secondary N) is 1. The van der Waals surface area contributed by atoms with Crippen LogP contribution in [-0.2, 0) is 14.3 Å². The van der Waals surface area contributed by atoms with Crippen LogP contribution in [0.3, 0.4) is 0 Å². The van der Waals surface area contributed by atoms with Gasteiger partial charge in [-0.3, -0.25) is 14.5 Å². The molecule has 1 aliphatic heterocycles. The number of hydrogen-bond donors (Lipinski definition) is 2. The first kappa shape index (κ1) is 24.7. The molecule has 2 aromatic carbocycles. The second-order valence-electron chi connectivity index (χ2n) is 10.1. The number of rotatable bonds is 8. The largest absolute Gasteiger partial charge is 0.480 e. The van der Waals surface area contributed by atoms with Crippen LogP contribution >= 0.6 is 0 Å². The number of carbonyl (C=O) groups is 3. The van der Waals surface area contributed by atoms with E-state index >= 15 is 0 Å². The first-order chi connectivity index (χ1) is 16.7. The SMILES string of the molecule is CC(C)(CNC(=O)OCC1c2ccccc2-c2ccccc21)CC(=O)N1CCN(CC(=O)O)CC1. The van der Waals surface area contributed by atoms with Crippen LogP contribution in [0.2, 0.25) is 0 Å². The minimum Gasteiger partial charge on any atom is -0.480 e. The highest BCUT2D eigenvalue weighted by molar-refractivity contribution is 5.79. The van der Waals surface area contributed by atoms with Crippen molar-refractivity contribution in [1.29, 1.82) is 0 Å².